The maximum absolute atomic E-state index is 10.8. The molecule has 2 aliphatic carbocycles. The number of carbonyl (C=O) groups excluding carboxylic acids is 1. The summed E-state index contributed by atoms with van der Waals surface area (Å²) < 4.78 is 0. The molecule has 1 saturated carbocycles. The Morgan fingerprint density at radius 2 is 2.15 bits per heavy atom. The Morgan fingerprint density at radius 1 is 1.46 bits per heavy atom. The molecule has 13 heavy (non-hydrogen) atoms. The van der Waals surface area contributed by atoms with Gasteiger partial charge in [-0.2, -0.15) is 0 Å². The lowest BCUT2D eigenvalue weighted by atomic mass is 9.66. The lowest BCUT2D eigenvalue weighted by Gasteiger charge is -2.41. The van der Waals surface area contributed by atoms with Gasteiger partial charge < -0.3 is 5.32 Å². The van der Waals surface area contributed by atoms with Gasteiger partial charge in [0.25, 0.3) is 0 Å². The van der Waals surface area contributed by atoms with Crippen molar-refractivity contribution < 1.29 is 4.79 Å². The Labute approximate surface area is 79.4 Å². The van der Waals surface area contributed by atoms with Crippen molar-refractivity contribution in [2.45, 2.75) is 39.5 Å². The van der Waals surface area contributed by atoms with Crippen LogP contribution >= 0.6 is 0 Å². The van der Waals surface area contributed by atoms with E-state index in [1.54, 1.807) is 6.92 Å². The molecule has 0 heterocycles. The average Bonchev–Trinajstić information content (AvgIpc) is 1.98. The summed E-state index contributed by atoms with van der Waals surface area (Å²) in [5, 5.41) is 2.90. The minimum absolute atomic E-state index is 0.0707. The molecule has 1 fully saturated rings. The van der Waals surface area contributed by atoms with Crippen LogP contribution in [0.25, 0.3) is 0 Å². The van der Waals surface area contributed by atoms with E-state index in [4.69, 9.17) is 0 Å². The van der Waals surface area contributed by atoms with Crippen LogP contribution in [0.2, 0.25) is 0 Å². The van der Waals surface area contributed by atoms with Crippen molar-refractivity contribution in [3.8, 4) is 0 Å². The van der Waals surface area contributed by atoms with Gasteiger partial charge in [-0.3, -0.25) is 4.79 Å². The van der Waals surface area contributed by atoms with Crippen molar-refractivity contribution in [1.29, 1.82) is 0 Å². The summed E-state index contributed by atoms with van der Waals surface area (Å²) in [6, 6.07) is 0. The molecule has 2 nitrogen and oxygen atoms in total. The second kappa shape index (κ2) is 3.17. The fourth-order valence-corrected chi connectivity index (χ4v) is 2.35. The number of hydrogen-bond donors (Lipinski definition) is 1. The molecule has 72 valence electrons. The molecule has 0 bridgehead atoms. The first kappa shape index (κ1) is 8.79. The minimum atomic E-state index is 0.0707. The van der Waals surface area contributed by atoms with Crippen LogP contribution in [0.5, 0.6) is 0 Å². The Hall–Kier alpha value is -0.790. The largest absolute Gasteiger partial charge is 0.330 e. The number of amides is 1. The Balaban J connectivity index is 1.93. The third-order valence-electron chi connectivity index (χ3n) is 3.50. The van der Waals surface area contributed by atoms with Gasteiger partial charge in [-0.05, 0) is 38.0 Å². The fraction of sp³-hybridized carbons (Fsp3) is 0.727. The Bertz CT molecular complexity index is 263. The van der Waals surface area contributed by atoms with Crippen LogP contribution in [-0.4, -0.2) is 5.91 Å². The highest BCUT2D eigenvalue weighted by Gasteiger charge is 2.36. The molecule has 2 aliphatic rings. The van der Waals surface area contributed by atoms with E-state index in [0.29, 0.717) is 0 Å². The van der Waals surface area contributed by atoms with Crippen molar-refractivity contribution in [3.05, 3.63) is 11.3 Å². The molecule has 1 N–H and O–H groups in total. The molecule has 0 aromatic rings. The highest BCUT2D eigenvalue weighted by Crippen LogP contribution is 2.46. The summed E-state index contributed by atoms with van der Waals surface area (Å²) in [7, 11) is 0. The molecule has 0 radical (unpaired) electrons. The summed E-state index contributed by atoms with van der Waals surface area (Å²) in [5.74, 6) is 1.79. The molecule has 0 saturated heterocycles. The summed E-state index contributed by atoms with van der Waals surface area (Å²) in [6.07, 6.45) is 5.31. The predicted octanol–water partition coefficient (Wildman–Crippen LogP) is 2.22. The zero-order valence-corrected chi connectivity index (χ0v) is 8.39. The standard InChI is InChI=1S/C11H17NO/c1-7-10(9-4-3-5-9)6-11(7)12-8(2)13/h9-10H,3-6H2,1-2H3,(H,12,13). The van der Waals surface area contributed by atoms with Crippen LogP contribution in [0, 0.1) is 11.8 Å². The highest BCUT2D eigenvalue weighted by atomic mass is 16.1. The van der Waals surface area contributed by atoms with Gasteiger partial charge in [-0.15, -0.1) is 0 Å². The molecule has 0 aromatic carbocycles. The number of allylic oxidation sites excluding steroid dienone is 2. The van der Waals surface area contributed by atoms with Crippen molar-refractivity contribution in [1.82, 2.24) is 5.32 Å². The van der Waals surface area contributed by atoms with Crippen LogP contribution < -0.4 is 5.32 Å². The van der Waals surface area contributed by atoms with E-state index in [-0.39, 0.29) is 5.91 Å². The van der Waals surface area contributed by atoms with E-state index >= 15 is 0 Å². The molecule has 0 aromatic heterocycles. The molecule has 0 spiro atoms. The maximum Gasteiger partial charge on any atom is 0.220 e. The normalized spacial score (nSPS) is 28.0. The molecule has 1 unspecified atom stereocenters. The van der Waals surface area contributed by atoms with Crippen molar-refractivity contribution in [3.63, 3.8) is 0 Å². The SMILES string of the molecule is CC(=O)NC1=C(C)C(C2CCC2)C1. The zero-order valence-electron chi connectivity index (χ0n) is 8.39. The summed E-state index contributed by atoms with van der Waals surface area (Å²) >= 11 is 0. The van der Waals surface area contributed by atoms with Crippen molar-refractivity contribution >= 4 is 5.91 Å². The van der Waals surface area contributed by atoms with Crippen LogP contribution in [0.1, 0.15) is 39.5 Å². The van der Waals surface area contributed by atoms with E-state index in [9.17, 15) is 4.79 Å². The third-order valence-corrected chi connectivity index (χ3v) is 3.50. The molecule has 1 amide bonds. The van der Waals surface area contributed by atoms with Crippen LogP contribution in [0.3, 0.4) is 0 Å². The third kappa shape index (κ3) is 1.50. The quantitative estimate of drug-likeness (QED) is 0.692. The van der Waals surface area contributed by atoms with Gasteiger partial charge in [0.1, 0.15) is 0 Å². The smallest absolute Gasteiger partial charge is 0.220 e. The van der Waals surface area contributed by atoms with E-state index < -0.39 is 0 Å². The van der Waals surface area contributed by atoms with Gasteiger partial charge in [0.2, 0.25) is 5.91 Å². The van der Waals surface area contributed by atoms with Crippen LogP contribution in [-0.2, 0) is 4.79 Å². The molecular formula is C11H17NO. The lowest BCUT2D eigenvalue weighted by molar-refractivity contribution is -0.118. The number of carbonyl (C=O) groups is 1. The summed E-state index contributed by atoms with van der Waals surface area (Å²) in [6.45, 7) is 3.74. The van der Waals surface area contributed by atoms with Gasteiger partial charge in [0.15, 0.2) is 0 Å². The molecule has 0 aliphatic heterocycles. The Kier molecular flexibility index (Phi) is 2.14. The zero-order chi connectivity index (χ0) is 9.42. The topological polar surface area (TPSA) is 29.1 Å². The number of rotatable bonds is 2. The van der Waals surface area contributed by atoms with E-state index in [1.807, 2.05) is 0 Å². The van der Waals surface area contributed by atoms with Crippen molar-refractivity contribution in [2.24, 2.45) is 11.8 Å². The van der Waals surface area contributed by atoms with E-state index in [1.165, 1.54) is 30.5 Å². The van der Waals surface area contributed by atoms with Crippen LogP contribution in [0.15, 0.2) is 11.3 Å². The lowest BCUT2D eigenvalue weighted by Crippen LogP contribution is -2.36. The van der Waals surface area contributed by atoms with Gasteiger partial charge >= 0.3 is 0 Å². The van der Waals surface area contributed by atoms with Gasteiger partial charge in [0, 0.05) is 12.6 Å². The second-order valence-corrected chi connectivity index (χ2v) is 4.34. The second-order valence-electron chi connectivity index (χ2n) is 4.34. The molecule has 2 heteroatoms. The Morgan fingerprint density at radius 3 is 2.54 bits per heavy atom. The molecular weight excluding hydrogens is 162 g/mol. The molecule has 2 rings (SSSR count). The monoisotopic (exact) mass is 179 g/mol. The summed E-state index contributed by atoms with van der Waals surface area (Å²) in [4.78, 5) is 10.8. The first-order valence-corrected chi connectivity index (χ1v) is 5.15. The highest BCUT2D eigenvalue weighted by molar-refractivity contribution is 5.75. The fourth-order valence-electron chi connectivity index (χ4n) is 2.35. The minimum Gasteiger partial charge on any atom is -0.330 e. The maximum atomic E-state index is 10.8. The average molecular weight is 179 g/mol. The van der Waals surface area contributed by atoms with Crippen molar-refractivity contribution in [2.75, 3.05) is 0 Å². The van der Waals surface area contributed by atoms with Gasteiger partial charge in [0.05, 0.1) is 0 Å². The van der Waals surface area contributed by atoms with E-state index in [0.717, 1.165) is 18.3 Å². The number of nitrogens with one attached hydrogen (secondary N) is 1. The molecule has 1 atom stereocenters. The van der Waals surface area contributed by atoms with E-state index in [2.05, 4.69) is 12.2 Å². The summed E-state index contributed by atoms with van der Waals surface area (Å²) in [5.41, 5.74) is 2.62. The predicted molar refractivity (Wildman–Crippen MR) is 52.0 cm³/mol. The van der Waals surface area contributed by atoms with Gasteiger partial charge in [-0.25, -0.2) is 0 Å². The number of hydrogen-bond acceptors (Lipinski definition) is 1. The van der Waals surface area contributed by atoms with Crippen LogP contribution in [0.4, 0.5) is 0 Å². The van der Waals surface area contributed by atoms with Gasteiger partial charge in [-0.1, -0.05) is 12.0 Å². The first-order chi connectivity index (χ1) is 6.18. The first-order valence-electron chi connectivity index (χ1n) is 5.15.